The largest absolute Gasteiger partial charge is 0.381 e. The van der Waals surface area contributed by atoms with Crippen LogP contribution in [-0.4, -0.2) is 63.6 Å². The molecule has 2 rings (SSSR count). The number of hydrogen-bond donors (Lipinski definition) is 2. The number of guanidine groups is 1. The Bertz CT molecular complexity index is 609. The summed E-state index contributed by atoms with van der Waals surface area (Å²) in [6.07, 6.45) is 4.02. The summed E-state index contributed by atoms with van der Waals surface area (Å²) < 4.78 is 19.0. The molecule has 1 aromatic carbocycles. The van der Waals surface area contributed by atoms with Gasteiger partial charge in [0.1, 0.15) is 5.82 Å². The number of rotatable bonds is 7. The Hall–Kier alpha value is -0.580. The van der Waals surface area contributed by atoms with Gasteiger partial charge in [0.25, 0.3) is 0 Å². The maximum absolute atomic E-state index is 13.5. The summed E-state index contributed by atoms with van der Waals surface area (Å²) in [6, 6.07) is 4.98. The number of ether oxygens (including phenoxy) is 1. The van der Waals surface area contributed by atoms with Crippen LogP contribution in [0.15, 0.2) is 23.2 Å². The molecule has 2 N–H and O–H groups in total. The highest BCUT2D eigenvalue weighted by molar-refractivity contribution is 14.0. The number of benzene rings is 1. The molecule has 0 unspecified atom stereocenters. The second-order valence-electron chi connectivity index (χ2n) is 6.86. The first-order valence-electron chi connectivity index (χ1n) is 8.97. The first kappa shape index (κ1) is 24.5. The fraction of sp³-hybridized carbons (Fsp3) is 0.632. The van der Waals surface area contributed by atoms with E-state index < -0.39 is 0 Å². The minimum absolute atomic E-state index is 0. The molecule has 1 aromatic rings. The summed E-state index contributed by atoms with van der Waals surface area (Å²) in [5.41, 5.74) is 2.20. The third-order valence-corrected chi connectivity index (χ3v) is 5.69. The Morgan fingerprint density at radius 1 is 1.26 bits per heavy atom. The Labute approximate surface area is 183 Å². The molecule has 0 atom stereocenters. The molecular weight excluding hydrogens is 478 g/mol. The number of nitrogens with zero attached hydrogens (tertiary/aromatic N) is 2. The standard InChI is InChI=1S/C19H31FN4OS.HI/c1-21-18(23-14-19(24(2)3)7-9-25-10-8-19)22-12-15-5-6-17(20)11-16(15)13-26-4;/h5-6,11H,7-10,12-14H2,1-4H3,(H2,21,22,23);1H. The van der Waals surface area contributed by atoms with E-state index in [4.69, 9.17) is 4.74 Å². The number of nitrogens with one attached hydrogen (secondary N) is 2. The van der Waals surface area contributed by atoms with Gasteiger partial charge in [0.2, 0.25) is 0 Å². The van der Waals surface area contributed by atoms with Crippen molar-refractivity contribution in [2.75, 3.05) is 47.2 Å². The van der Waals surface area contributed by atoms with Crippen LogP contribution in [0.1, 0.15) is 24.0 Å². The SMILES string of the molecule is CN=C(NCc1ccc(F)cc1CSC)NCC1(N(C)C)CCOCC1.I. The first-order chi connectivity index (χ1) is 12.5. The highest BCUT2D eigenvalue weighted by Crippen LogP contribution is 2.25. The highest BCUT2D eigenvalue weighted by Gasteiger charge is 2.34. The number of halogens is 2. The van der Waals surface area contributed by atoms with E-state index in [0.29, 0.717) is 6.54 Å². The van der Waals surface area contributed by atoms with Crippen LogP contribution in [0.3, 0.4) is 0 Å². The van der Waals surface area contributed by atoms with E-state index in [1.807, 2.05) is 12.3 Å². The zero-order valence-corrected chi connectivity index (χ0v) is 19.8. The van der Waals surface area contributed by atoms with Crippen molar-refractivity contribution in [2.24, 2.45) is 4.99 Å². The Kier molecular flexibility index (Phi) is 10.9. The predicted molar refractivity (Wildman–Crippen MR) is 124 cm³/mol. The molecule has 1 saturated heterocycles. The van der Waals surface area contributed by atoms with E-state index in [1.165, 1.54) is 6.07 Å². The fourth-order valence-corrected chi connectivity index (χ4v) is 3.82. The molecule has 27 heavy (non-hydrogen) atoms. The minimum Gasteiger partial charge on any atom is -0.381 e. The smallest absolute Gasteiger partial charge is 0.191 e. The molecule has 1 aliphatic heterocycles. The summed E-state index contributed by atoms with van der Waals surface area (Å²) in [6.45, 7) is 3.01. The van der Waals surface area contributed by atoms with Gasteiger partial charge < -0.3 is 20.3 Å². The van der Waals surface area contributed by atoms with Crippen LogP contribution in [0.4, 0.5) is 4.39 Å². The third-order valence-electron chi connectivity index (χ3n) is 5.10. The Balaban J connectivity index is 0.00000364. The summed E-state index contributed by atoms with van der Waals surface area (Å²) in [7, 11) is 6.02. The van der Waals surface area contributed by atoms with Crippen LogP contribution in [0.2, 0.25) is 0 Å². The molecule has 8 heteroatoms. The van der Waals surface area contributed by atoms with Gasteiger partial charge in [-0.15, -0.1) is 24.0 Å². The van der Waals surface area contributed by atoms with Gasteiger partial charge in [-0.1, -0.05) is 6.07 Å². The summed E-state index contributed by atoms with van der Waals surface area (Å²) >= 11 is 1.69. The lowest BCUT2D eigenvalue weighted by Crippen LogP contribution is -2.57. The summed E-state index contributed by atoms with van der Waals surface area (Å²) in [5, 5.41) is 6.81. The monoisotopic (exact) mass is 510 g/mol. The lowest BCUT2D eigenvalue weighted by atomic mass is 9.88. The van der Waals surface area contributed by atoms with Crippen LogP contribution >= 0.6 is 35.7 Å². The lowest BCUT2D eigenvalue weighted by Gasteiger charge is -2.43. The van der Waals surface area contributed by atoms with Crippen LogP contribution in [-0.2, 0) is 17.0 Å². The van der Waals surface area contributed by atoms with Gasteiger partial charge >= 0.3 is 0 Å². The number of thioether (sulfide) groups is 1. The van der Waals surface area contributed by atoms with Gasteiger partial charge in [0.05, 0.1) is 0 Å². The molecule has 0 radical (unpaired) electrons. The molecule has 1 fully saturated rings. The maximum Gasteiger partial charge on any atom is 0.191 e. The quantitative estimate of drug-likeness (QED) is 0.336. The highest BCUT2D eigenvalue weighted by atomic mass is 127. The molecule has 0 bridgehead atoms. The van der Waals surface area contributed by atoms with Crippen molar-refractivity contribution in [3.05, 3.63) is 35.1 Å². The van der Waals surface area contributed by atoms with Gasteiger partial charge in [-0.2, -0.15) is 11.8 Å². The van der Waals surface area contributed by atoms with Crippen molar-refractivity contribution < 1.29 is 9.13 Å². The average molecular weight is 510 g/mol. The molecule has 1 heterocycles. The van der Waals surface area contributed by atoms with Crippen molar-refractivity contribution in [3.63, 3.8) is 0 Å². The predicted octanol–water partition coefficient (Wildman–Crippen LogP) is 3.08. The van der Waals surface area contributed by atoms with Gasteiger partial charge in [-0.3, -0.25) is 4.99 Å². The molecule has 0 spiro atoms. The lowest BCUT2D eigenvalue weighted by molar-refractivity contribution is -0.00501. The number of likely N-dealkylation sites (N-methyl/N-ethyl adjacent to an activating group) is 1. The topological polar surface area (TPSA) is 48.9 Å². The molecule has 0 aromatic heterocycles. The molecular formula is C19H32FIN4OS. The van der Waals surface area contributed by atoms with Crippen molar-refractivity contribution in [1.29, 1.82) is 0 Å². The average Bonchev–Trinajstić information content (AvgIpc) is 2.64. The summed E-state index contributed by atoms with van der Waals surface area (Å²) in [4.78, 5) is 6.62. The number of hydrogen-bond acceptors (Lipinski definition) is 4. The van der Waals surface area contributed by atoms with E-state index in [0.717, 1.165) is 55.4 Å². The van der Waals surface area contributed by atoms with Gasteiger partial charge in [0, 0.05) is 44.6 Å². The molecule has 0 amide bonds. The van der Waals surface area contributed by atoms with Crippen molar-refractivity contribution in [2.45, 2.75) is 30.7 Å². The Morgan fingerprint density at radius 3 is 2.56 bits per heavy atom. The third kappa shape index (κ3) is 7.07. The minimum atomic E-state index is -0.187. The van der Waals surface area contributed by atoms with Crippen molar-refractivity contribution in [1.82, 2.24) is 15.5 Å². The van der Waals surface area contributed by atoms with E-state index >= 15 is 0 Å². The van der Waals surface area contributed by atoms with Crippen molar-refractivity contribution in [3.8, 4) is 0 Å². The van der Waals surface area contributed by atoms with E-state index in [1.54, 1.807) is 24.9 Å². The van der Waals surface area contributed by atoms with E-state index in [-0.39, 0.29) is 35.3 Å². The van der Waals surface area contributed by atoms with Crippen LogP contribution in [0.25, 0.3) is 0 Å². The number of aliphatic imine (C=N–C) groups is 1. The molecule has 5 nitrogen and oxygen atoms in total. The zero-order valence-electron chi connectivity index (χ0n) is 16.7. The fourth-order valence-electron chi connectivity index (χ4n) is 3.24. The normalized spacial score (nSPS) is 16.7. The molecule has 0 aliphatic carbocycles. The van der Waals surface area contributed by atoms with E-state index in [9.17, 15) is 4.39 Å². The molecule has 154 valence electrons. The first-order valence-corrected chi connectivity index (χ1v) is 10.4. The van der Waals surface area contributed by atoms with Crippen LogP contribution in [0.5, 0.6) is 0 Å². The second kappa shape index (κ2) is 12.1. The zero-order chi connectivity index (χ0) is 19.0. The molecule has 0 saturated carbocycles. The second-order valence-corrected chi connectivity index (χ2v) is 7.72. The summed E-state index contributed by atoms with van der Waals surface area (Å²) in [5.74, 6) is 1.37. The van der Waals surface area contributed by atoms with Crippen molar-refractivity contribution >= 4 is 41.7 Å². The van der Waals surface area contributed by atoms with Gasteiger partial charge in [0.15, 0.2) is 5.96 Å². The van der Waals surface area contributed by atoms with Crippen LogP contribution < -0.4 is 10.6 Å². The van der Waals surface area contributed by atoms with Gasteiger partial charge in [-0.25, -0.2) is 4.39 Å². The van der Waals surface area contributed by atoms with Gasteiger partial charge in [-0.05, 0) is 56.5 Å². The van der Waals surface area contributed by atoms with Crippen LogP contribution in [0, 0.1) is 5.82 Å². The maximum atomic E-state index is 13.5. The van der Waals surface area contributed by atoms with E-state index in [2.05, 4.69) is 34.6 Å². The Morgan fingerprint density at radius 2 is 1.96 bits per heavy atom. The molecule has 1 aliphatic rings.